The van der Waals surface area contributed by atoms with E-state index in [0.717, 1.165) is 22.6 Å². The van der Waals surface area contributed by atoms with Gasteiger partial charge in [-0.3, -0.25) is 4.79 Å². The molecular formula is C15H15NO3. The summed E-state index contributed by atoms with van der Waals surface area (Å²) < 4.78 is 12.7. The van der Waals surface area contributed by atoms with Crippen LogP contribution in [0.15, 0.2) is 41.3 Å². The molecule has 0 fully saturated rings. The molecule has 0 amide bonds. The van der Waals surface area contributed by atoms with Crippen LogP contribution in [0, 0.1) is 6.92 Å². The maximum absolute atomic E-state index is 11.8. The van der Waals surface area contributed by atoms with Gasteiger partial charge in [0.15, 0.2) is 11.5 Å². The number of fused-ring (bicyclic) bond motifs is 1. The van der Waals surface area contributed by atoms with Crippen molar-refractivity contribution in [3.8, 4) is 11.5 Å². The van der Waals surface area contributed by atoms with Crippen molar-refractivity contribution < 1.29 is 9.47 Å². The second kappa shape index (κ2) is 4.80. The molecule has 19 heavy (non-hydrogen) atoms. The van der Waals surface area contributed by atoms with Gasteiger partial charge in [-0.05, 0) is 36.2 Å². The third kappa shape index (κ3) is 2.47. The number of aryl methyl sites for hydroxylation is 1. The monoisotopic (exact) mass is 257 g/mol. The van der Waals surface area contributed by atoms with Crippen molar-refractivity contribution in [1.29, 1.82) is 0 Å². The van der Waals surface area contributed by atoms with E-state index >= 15 is 0 Å². The van der Waals surface area contributed by atoms with Crippen molar-refractivity contribution in [2.24, 2.45) is 0 Å². The molecule has 0 unspecified atom stereocenters. The summed E-state index contributed by atoms with van der Waals surface area (Å²) in [7, 11) is 0. The molecule has 2 heterocycles. The van der Waals surface area contributed by atoms with Crippen LogP contribution in [0.1, 0.15) is 11.1 Å². The predicted molar refractivity (Wildman–Crippen MR) is 72.0 cm³/mol. The highest BCUT2D eigenvalue weighted by atomic mass is 16.6. The fraction of sp³-hybridized carbons (Fsp3) is 0.267. The first-order valence-electron chi connectivity index (χ1n) is 6.28. The van der Waals surface area contributed by atoms with E-state index in [4.69, 9.17) is 9.47 Å². The summed E-state index contributed by atoms with van der Waals surface area (Å²) in [5.41, 5.74) is 2.01. The van der Waals surface area contributed by atoms with Crippen LogP contribution >= 0.6 is 0 Å². The predicted octanol–water partition coefficient (Wildman–Crippen LogP) is 1.98. The molecule has 0 aliphatic carbocycles. The Hall–Kier alpha value is -2.23. The van der Waals surface area contributed by atoms with E-state index in [1.165, 1.54) is 0 Å². The second-order valence-corrected chi connectivity index (χ2v) is 4.65. The average Bonchev–Trinajstić information content (AvgIpc) is 2.42. The van der Waals surface area contributed by atoms with Gasteiger partial charge in [0.05, 0.1) is 6.54 Å². The minimum Gasteiger partial charge on any atom is -0.486 e. The lowest BCUT2D eigenvalue weighted by molar-refractivity contribution is 0.171. The maximum atomic E-state index is 11.8. The van der Waals surface area contributed by atoms with Gasteiger partial charge in [-0.25, -0.2) is 0 Å². The Morgan fingerprint density at radius 3 is 2.68 bits per heavy atom. The summed E-state index contributed by atoms with van der Waals surface area (Å²) in [6, 6.07) is 9.35. The number of benzene rings is 1. The molecule has 0 bridgehead atoms. The summed E-state index contributed by atoms with van der Waals surface area (Å²) in [5.74, 6) is 1.52. The van der Waals surface area contributed by atoms with Crippen LogP contribution in [-0.4, -0.2) is 17.8 Å². The van der Waals surface area contributed by atoms with Gasteiger partial charge >= 0.3 is 0 Å². The first-order valence-corrected chi connectivity index (χ1v) is 6.28. The number of hydrogen-bond donors (Lipinski definition) is 0. The van der Waals surface area contributed by atoms with Gasteiger partial charge in [0.25, 0.3) is 5.56 Å². The number of pyridine rings is 1. The standard InChI is InChI=1S/C15H15NO3/c1-11-4-5-16(15(17)8-11)10-12-2-3-13-14(9-12)19-7-6-18-13/h2-5,8-9H,6-7,10H2,1H3. The molecule has 1 aromatic carbocycles. The lowest BCUT2D eigenvalue weighted by atomic mass is 10.2. The highest BCUT2D eigenvalue weighted by Gasteiger charge is 2.11. The number of rotatable bonds is 2. The van der Waals surface area contributed by atoms with E-state index in [0.29, 0.717) is 19.8 Å². The van der Waals surface area contributed by atoms with Gasteiger partial charge in [-0.15, -0.1) is 0 Å². The van der Waals surface area contributed by atoms with Crippen molar-refractivity contribution in [2.45, 2.75) is 13.5 Å². The van der Waals surface area contributed by atoms with E-state index in [-0.39, 0.29) is 5.56 Å². The normalized spacial score (nSPS) is 13.3. The van der Waals surface area contributed by atoms with Gasteiger partial charge in [0.1, 0.15) is 13.2 Å². The fourth-order valence-electron chi connectivity index (χ4n) is 2.12. The Morgan fingerprint density at radius 2 is 1.89 bits per heavy atom. The fourth-order valence-corrected chi connectivity index (χ4v) is 2.12. The van der Waals surface area contributed by atoms with Crippen molar-refractivity contribution in [3.05, 3.63) is 58.0 Å². The van der Waals surface area contributed by atoms with Crippen LogP contribution in [0.5, 0.6) is 11.5 Å². The Labute approximate surface area is 111 Å². The Morgan fingerprint density at radius 1 is 1.11 bits per heavy atom. The molecule has 1 aliphatic heterocycles. The summed E-state index contributed by atoms with van der Waals surface area (Å²) >= 11 is 0. The van der Waals surface area contributed by atoms with Crippen LogP contribution < -0.4 is 15.0 Å². The Kier molecular flexibility index (Phi) is 2.99. The summed E-state index contributed by atoms with van der Waals surface area (Å²) in [4.78, 5) is 11.8. The minimum atomic E-state index is 0.00916. The lowest BCUT2D eigenvalue weighted by Gasteiger charge is -2.19. The van der Waals surface area contributed by atoms with Crippen LogP contribution in [-0.2, 0) is 6.54 Å². The highest BCUT2D eigenvalue weighted by Crippen LogP contribution is 2.30. The van der Waals surface area contributed by atoms with E-state index in [9.17, 15) is 4.79 Å². The van der Waals surface area contributed by atoms with Gasteiger partial charge in [-0.1, -0.05) is 6.07 Å². The second-order valence-electron chi connectivity index (χ2n) is 4.65. The molecule has 0 spiro atoms. The lowest BCUT2D eigenvalue weighted by Crippen LogP contribution is -2.20. The van der Waals surface area contributed by atoms with Gasteiger partial charge in [-0.2, -0.15) is 0 Å². The van der Waals surface area contributed by atoms with Gasteiger partial charge in [0, 0.05) is 12.3 Å². The SMILES string of the molecule is Cc1ccn(Cc2ccc3c(c2)OCCO3)c(=O)c1. The Bertz CT molecular complexity index is 661. The van der Waals surface area contributed by atoms with Crippen molar-refractivity contribution in [1.82, 2.24) is 4.57 Å². The van der Waals surface area contributed by atoms with Gasteiger partial charge in [0.2, 0.25) is 0 Å². The topological polar surface area (TPSA) is 40.5 Å². The molecule has 1 aliphatic rings. The number of ether oxygens (including phenoxy) is 2. The van der Waals surface area contributed by atoms with Crippen LogP contribution in [0.4, 0.5) is 0 Å². The summed E-state index contributed by atoms with van der Waals surface area (Å²) in [6.07, 6.45) is 1.81. The first-order chi connectivity index (χ1) is 9.22. The molecule has 0 atom stereocenters. The first kappa shape index (κ1) is 11.8. The minimum absolute atomic E-state index is 0.00916. The molecule has 0 radical (unpaired) electrons. The van der Waals surface area contributed by atoms with E-state index in [1.807, 2.05) is 37.4 Å². The molecule has 1 aromatic heterocycles. The zero-order valence-corrected chi connectivity index (χ0v) is 10.8. The van der Waals surface area contributed by atoms with Crippen LogP contribution in [0.2, 0.25) is 0 Å². The third-order valence-corrected chi connectivity index (χ3v) is 3.11. The maximum Gasteiger partial charge on any atom is 0.251 e. The van der Waals surface area contributed by atoms with Crippen molar-refractivity contribution in [3.63, 3.8) is 0 Å². The van der Waals surface area contributed by atoms with E-state index in [1.54, 1.807) is 10.6 Å². The summed E-state index contributed by atoms with van der Waals surface area (Å²) in [5, 5.41) is 0. The van der Waals surface area contributed by atoms with E-state index < -0.39 is 0 Å². The Balaban J connectivity index is 1.89. The molecule has 3 rings (SSSR count). The molecule has 4 heteroatoms. The average molecular weight is 257 g/mol. The zero-order chi connectivity index (χ0) is 13.2. The quantitative estimate of drug-likeness (QED) is 0.826. The molecule has 2 aromatic rings. The van der Waals surface area contributed by atoms with Crippen LogP contribution in [0.25, 0.3) is 0 Å². The molecule has 98 valence electrons. The largest absolute Gasteiger partial charge is 0.486 e. The smallest absolute Gasteiger partial charge is 0.251 e. The molecule has 4 nitrogen and oxygen atoms in total. The van der Waals surface area contributed by atoms with Crippen molar-refractivity contribution >= 4 is 0 Å². The third-order valence-electron chi connectivity index (χ3n) is 3.11. The number of aromatic nitrogens is 1. The van der Waals surface area contributed by atoms with Crippen LogP contribution in [0.3, 0.4) is 0 Å². The van der Waals surface area contributed by atoms with Gasteiger partial charge < -0.3 is 14.0 Å². The van der Waals surface area contributed by atoms with Crippen molar-refractivity contribution in [2.75, 3.05) is 13.2 Å². The number of nitrogens with zero attached hydrogens (tertiary/aromatic N) is 1. The summed E-state index contributed by atoms with van der Waals surface area (Å²) in [6.45, 7) is 3.61. The molecular weight excluding hydrogens is 242 g/mol. The molecule has 0 saturated carbocycles. The molecule has 0 N–H and O–H groups in total. The zero-order valence-electron chi connectivity index (χ0n) is 10.8. The van der Waals surface area contributed by atoms with E-state index in [2.05, 4.69) is 0 Å². The number of hydrogen-bond acceptors (Lipinski definition) is 3. The highest BCUT2D eigenvalue weighted by molar-refractivity contribution is 5.43. The molecule has 0 saturated heterocycles.